The Morgan fingerprint density at radius 1 is 1.53 bits per heavy atom. The van der Waals surface area contributed by atoms with Crippen LogP contribution in [0, 0.1) is 0 Å². The summed E-state index contributed by atoms with van der Waals surface area (Å²) in [7, 11) is 0. The van der Waals surface area contributed by atoms with Crippen LogP contribution in [0.2, 0.25) is 0 Å². The minimum Gasteiger partial charge on any atom is -0.482 e. The second kappa shape index (κ2) is 9.10. The smallest absolute Gasteiger partial charge is 0.258 e. The minimum absolute atomic E-state index is 0.0110. The summed E-state index contributed by atoms with van der Waals surface area (Å²) in [6.07, 6.45) is 4.35. The first-order valence-corrected chi connectivity index (χ1v) is 6.42. The van der Waals surface area contributed by atoms with E-state index in [2.05, 4.69) is 29.1 Å². The van der Waals surface area contributed by atoms with Crippen molar-refractivity contribution in [3.05, 3.63) is 36.7 Å². The van der Waals surface area contributed by atoms with Gasteiger partial charge in [0.1, 0.15) is 5.75 Å². The number of carbonyl (C=O) groups is 1. The van der Waals surface area contributed by atoms with Gasteiger partial charge in [0, 0.05) is 13.1 Å². The molecule has 5 nitrogen and oxygen atoms in total. The molecular formula is C14H21N3O2. The number of carbonyl (C=O) groups excluding carboxylic acids is 1. The lowest BCUT2D eigenvalue weighted by Gasteiger charge is -2.07. The Labute approximate surface area is 114 Å². The maximum absolute atomic E-state index is 11.3. The number of nitrogens with zero attached hydrogens (tertiary/aromatic N) is 1. The highest BCUT2D eigenvalue weighted by Gasteiger charge is 2.01. The van der Waals surface area contributed by atoms with E-state index in [9.17, 15) is 4.79 Å². The van der Waals surface area contributed by atoms with Gasteiger partial charge in [-0.1, -0.05) is 13.0 Å². The zero-order valence-corrected chi connectivity index (χ0v) is 11.3. The first kappa shape index (κ1) is 15.2. The van der Waals surface area contributed by atoms with E-state index in [1.807, 2.05) is 12.1 Å². The van der Waals surface area contributed by atoms with E-state index in [0.29, 0.717) is 12.3 Å². The van der Waals surface area contributed by atoms with Crippen LogP contribution in [0.4, 0.5) is 0 Å². The molecule has 0 unspecified atom stereocenters. The molecule has 2 N–H and O–H groups in total. The molecular weight excluding hydrogens is 242 g/mol. The minimum atomic E-state index is -0.173. The largest absolute Gasteiger partial charge is 0.482 e. The van der Waals surface area contributed by atoms with E-state index in [1.165, 1.54) is 0 Å². The number of pyridine rings is 1. The molecule has 1 aromatic heterocycles. The molecule has 104 valence electrons. The van der Waals surface area contributed by atoms with Crippen molar-refractivity contribution in [2.45, 2.75) is 19.9 Å². The lowest BCUT2D eigenvalue weighted by Crippen LogP contribution is -2.28. The predicted molar refractivity (Wildman–Crippen MR) is 74.9 cm³/mol. The highest BCUT2D eigenvalue weighted by molar-refractivity contribution is 5.77. The first-order valence-electron chi connectivity index (χ1n) is 6.42. The molecule has 1 aromatic rings. The summed E-state index contributed by atoms with van der Waals surface area (Å²) in [4.78, 5) is 15.6. The van der Waals surface area contributed by atoms with Crippen molar-refractivity contribution in [2.75, 3.05) is 19.7 Å². The summed E-state index contributed by atoms with van der Waals surface area (Å²) in [5, 5.41) is 5.90. The fourth-order valence-corrected chi connectivity index (χ4v) is 1.38. The molecule has 0 saturated carbocycles. The van der Waals surface area contributed by atoms with Crippen LogP contribution in [-0.2, 0) is 11.3 Å². The summed E-state index contributed by atoms with van der Waals surface area (Å²) < 4.78 is 5.32. The number of amides is 1. The normalized spacial score (nSPS) is 9.95. The Hall–Kier alpha value is -1.88. The molecule has 0 fully saturated rings. The number of aromatic nitrogens is 1. The second-order valence-corrected chi connectivity index (χ2v) is 4.04. The highest BCUT2D eigenvalue weighted by atomic mass is 16.5. The van der Waals surface area contributed by atoms with Gasteiger partial charge in [-0.15, -0.1) is 6.58 Å². The van der Waals surface area contributed by atoms with Crippen molar-refractivity contribution in [1.29, 1.82) is 0 Å². The topological polar surface area (TPSA) is 63.2 Å². The van der Waals surface area contributed by atoms with Gasteiger partial charge in [-0.2, -0.15) is 0 Å². The van der Waals surface area contributed by atoms with Gasteiger partial charge in [-0.3, -0.25) is 9.78 Å². The van der Waals surface area contributed by atoms with Crippen LogP contribution < -0.4 is 15.4 Å². The van der Waals surface area contributed by atoms with Crippen LogP contribution in [0.3, 0.4) is 0 Å². The first-order chi connectivity index (χ1) is 9.26. The maximum atomic E-state index is 11.3. The second-order valence-electron chi connectivity index (χ2n) is 4.04. The molecule has 0 saturated heterocycles. The molecule has 0 bridgehead atoms. The van der Waals surface area contributed by atoms with Crippen LogP contribution in [0.15, 0.2) is 31.0 Å². The van der Waals surface area contributed by atoms with Crippen molar-refractivity contribution in [1.82, 2.24) is 15.6 Å². The lowest BCUT2D eigenvalue weighted by atomic mass is 10.3. The molecule has 1 heterocycles. The summed E-state index contributed by atoms with van der Waals surface area (Å²) in [5.74, 6) is 0.418. The monoisotopic (exact) mass is 263 g/mol. The molecule has 0 aromatic carbocycles. The zero-order valence-electron chi connectivity index (χ0n) is 11.3. The number of hydrogen-bond acceptors (Lipinski definition) is 4. The quantitative estimate of drug-likeness (QED) is 0.520. The molecule has 0 aliphatic rings. The van der Waals surface area contributed by atoms with Crippen molar-refractivity contribution in [2.24, 2.45) is 0 Å². The van der Waals surface area contributed by atoms with Crippen LogP contribution in [0.5, 0.6) is 5.75 Å². The number of hydrogen-bond donors (Lipinski definition) is 2. The molecule has 0 atom stereocenters. The molecule has 19 heavy (non-hydrogen) atoms. The average molecular weight is 263 g/mol. The van der Waals surface area contributed by atoms with Gasteiger partial charge < -0.3 is 15.4 Å². The Kier molecular flexibility index (Phi) is 7.27. The van der Waals surface area contributed by atoms with Gasteiger partial charge >= 0.3 is 0 Å². The van der Waals surface area contributed by atoms with E-state index < -0.39 is 0 Å². The average Bonchev–Trinajstić information content (AvgIpc) is 2.44. The van der Waals surface area contributed by atoms with Crippen LogP contribution >= 0.6 is 0 Å². The van der Waals surface area contributed by atoms with Crippen LogP contribution in [0.1, 0.15) is 19.0 Å². The Balaban J connectivity index is 2.31. The Bertz CT molecular complexity index is 390. The number of rotatable bonds is 9. The molecule has 1 amide bonds. The fourth-order valence-electron chi connectivity index (χ4n) is 1.38. The van der Waals surface area contributed by atoms with E-state index in [1.54, 1.807) is 12.3 Å². The van der Waals surface area contributed by atoms with Crippen molar-refractivity contribution >= 4 is 5.91 Å². The maximum Gasteiger partial charge on any atom is 0.258 e. The summed E-state index contributed by atoms with van der Waals surface area (Å²) in [6, 6.07) is 3.70. The third kappa shape index (κ3) is 6.57. The third-order valence-electron chi connectivity index (χ3n) is 2.34. The zero-order chi connectivity index (χ0) is 13.9. The van der Waals surface area contributed by atoms with Crippen LogP contribution in [-0.4, -0.2) is 30.6 Å². The van der Waals surface area contributed by atoms with E-state index in [4.69, 9.17) is 4.74 Å². The van der Waals surface area contributed by atoms with Gasteiger partial charge in [-0.25, -0.2) is 0 Å². The molecule has 1 rings (SSSR count). The third-order valence-corrected chi connectivity index (χ3v) is 2.34. The van der Waals surface area contributed by atoms with Gasteiger partial charge in [0.05, 0.1) is 11.9 Å². The van der Waals surface area contributed by atoms with Gasteiger partial charge in [-0.05, 0) is 25.1 Å². The molecule has 0 radical (unpaired) electrons. The molecule has 0 spiro atoms. The number of ether oxygens (including phenoxy) is 1. The van der Waals surface area contributed by atoms with E-state index in [0.717, 1.165) is 25.2 Å². The van der Waals surface area contributed by atoms with E-state index in [-0.39, 0.29) is 12.5 Å². The van der Waals surface area contributed by atoms with Gasteiger partial charge in [0.15, 0.2) is 6.61 Å². The molecule has 0 aliphatic heterocycles. The van der Waals surface area contributed by atoms with Gasteiger partial charge in [0.2, 0.25) is 0 Å². The van der Waals surface area contributed by atoms with E-state index >= 15 is 0 Å². The van der Waals surface area contributed by atoms with Crippen molar-refractivity contribution < 1.29 is 9.53 Å². The highest BCUT2D eigenvalue weighted by Crippen LogP contribution is 2.08. The van der Waals surface area contributed by atoms with Gasteiger partial charge in [0.25, 0.3) is 5.91 Å². The molecule has 5 heteroatoms. The predicted octanol–water partition coefficient (Wildman–Crippen LogP) is 1.26. The van der Waals surface area contributed by atoms with Crippen molar-refractivity contribution in [3.63, 3.8) is 0 Å². The van der Waals surface area contributed by atoms with Crippen molar-refractivity contribution in [3.8, 4) is 5.75 Å². The summed E-state index contributed by atoms with van der Waals surface area (Å²) in [6.45, 7) is 7.80. The fraction of sp³-hybridized carbons (Fsp3) is 0.429. The summed E-state index contributed by atoms with van der Waals surface area (Å²) >= 11 is 0. The van der Waals surface area contributed by atoms with Crippen LogP contribution in [0.25, 0.3) is 0 Å². The SMILES string of the molecule is C=CCNC(=O)COc1ccc(CNCCC)nc1. The standard InChI is InChI=1S/C14H21N3O2/c1-3-7-15-9-12-5-6-13(10-17-12)19-11-14(18)16-8-4-2/h4-6,10,15H,2-3,7-9,11H2,1H3,(H,16,18). The molecule has 0 aliphatic carbocycles. The summed E-state index contributed by atoms with van der Waals surface area (Å²) in [5.41, 5.74) is 0.955. The Morgan fingerprint density at radius 3 is 3.00 bits per heavy atom. The number of nitrogens with one attached hydrogen (secondary N) is 2. The lowest BCUT2D eigenvalue weighted by molar-refractivity contribution is -0.122. The Morgan fingerprint density at radius 2 is 2.37 bits per heavy atom.